The van der Waals surface area contributed by atoms with Gasteiger partial charge in [0.2, 0.25) is 0 Å². The van der Waals surface area contributed by atoms with Gasteiger partial charge in [-0.05, 0) is 67.6 Å². The van der Waals surface area contributed by atoms with Gasteiger partial charge < -0.3 is 10.6 Å². The third-order valence-corrected chi connectivity index (χ3v) is 7.55. The van der Waals surface area contributed by atoms with Crippen molar-refractivity contribution in [2.24, 2.45) is 17.8 Å². The number of hydrogen-bond donors (Lipinski definition) is 2. The molecule has 1 unspecified atom stereocenters. The van der Waals surface area contributed by atoms with Crippen molar-refractivity contribution < 1.29 is 4.79 Å². The Labute approximate surface area is 186 Å². The molecule has 2 aromatic carbocycles. The van der Waals surface area contributed by atoms with Crippen molar-refractivity contribution >= 4 is 33.3 Å². The summed E-state index contributed by atoms with van der Waals surface area (Å²) in [6.45, 7) is 3.64. The number of Topliss-reactive ketones (excluding diaryl/α,β-unsaturated/α-hetero) is 1. The van der Waals surface area contributed by atoms with Gasteiger partial charge in [0, 0.05) is 40.3 Å². The van der Waals surface area contributed by atoms with Gasteiger partial charge in [-0.25, -0.2) is 0 Å². The molecule has 0 bridgehead atoms. The first-order chi connectivity index (χ1) is 14.1. The van der Waals surface area contributed by atoms with E-state index >= 15 is 0 Å². The summed E-state index contributed by atoms with van der Waals surface area (Å²) in [4.78, 5) is 13.9. The first kappa shape index (κ1) is 21.0. The average Bonchev–Trinajstić information content (AvgIpc) is 3.23. The number of halogens is 2. The van der Waals surface area contributed by atoms with Gasteiger partial charge in [-0.2, -0.15) is 0 Å². The molecular weight excluding hydrogens is 448 g/mol. The lowest BCUT2D eigenvalue weighted by Crippen LogP contribution is -2.39. The predicted octanol–water partition coefficient (Wildman–Crippen LogP) is 4.83. The van der Waals surface area contributed by atoms with E-state index < -0.39 is 0 Å². The summed E-state index contributed by atoms with van der Waals surface area (Å²) in [6.07, 6.45) is 2.95. The molecule has 3 atom stereocenters. The minimum absolute atomic E-state index is 0.0286. The van der Waals surface area contributed by atoms with E-state index in [4.69, 9.17) is 11.6 Å². The lowest BCUT2D eigenvalue weighted by Gasteiger charge is -2.33. The standard InChI is InChI=1S/C24H28BrClN2O/c25-23-4-2-1-3-19(23)21-14-28-15-22(21)24(29)20(17-9-11-27-12-10-17)13-16-5-7-18(26)8-6-16/h1-8,17,20-22,27-28H,9-15H2/t20?,21-,22+/m0/s1. The van der Waals surface area contributed by atoms with Gasteiger partial charge >= 0.3 is 0 Å². The second kappa shape index (κ2) is 9.74. The summed E-state index contributed by atoms with van der Waals surface area (Å²) in [5.74, 6) is 1.19. The number of rotatable bonds is 6. The number of ketones is 1. The minimum Gasteiger partial charge on any atom is -0.317 e. The van der Waals surface area contributed by atoms with Crippen molar-refractivity contribution in [3.63, 3.8) is 0 Å². The highest BCUT2D eigenvalue weighted by atomic mass is 79.9. The molecule has 2 N–H and O–H groups in total. The normalized spacial score (nSPS) is 23.8. The van der Waals surface area contributed by atoms with Crippen molar-refractivity contribution in [3.05, 3.63) is 69.2 Å². The van der Waals surface area contributed by atoms with Crippen LogP contribution in [0.3, 0.4) is 0 Å². The summed E-state index contributed by atoms with van der Waals surface area (Å²) < 4.78 is 1.10. The van der Waals surface area contributed by atoms with Crippen molar-refractivity contribution in [2.45, 2.75) is 25.2 Å². The summed E-state index contributed by atoms with van der Waals surface area (Å²) in [5, 5.41) is 7.67. The molecule has 0 aliphatic carbocycles. The maximum atomic E-state index is 13.9. The first-order valence-electron chi connectivity index (χ1n) is 10.6. The topological polar surface area (TPSA) is 41.1 Å². The van der Waals surface area contributed by atoms with Gasteiger partial charge in [0.25, 0.3) is 0 Å². The van der Waals surface area contributed by atoms with Crippen LogP contribution in [-0.2, 0) is 11.2 Å². The Morgan fingerprint density at radius 2 is 1.76 bits per heavy atom. The van der Waals surface area contributed by atoms with Crippen LogP contribution < -0.4 is 10.6 Å². The van der Waals surface area contributed by atoms with Gasteiger partial charge in [0.05, 0.1) is 0 Å². The summed E-state index contributed by atoms with van der Waals surface area (Å²) in [6, 6.07) is 16.3. The Hall–Kier alpha value is -1.20. The van der Waals surface area contributed by atoms with Gasteiger partial charge in [0.15, 0.2) is 0 Å². The second-order valence-electron chi connectivity index (χ2n) is 8.32. The zero-order valence-electron chi connectivity index (χ0n) is 16.5. The molecule has 2 aliphatic heterocycles. The van der Waals surface area contributed by atoms with Crippen molar-refractivity contribution in [3.8, 4) is 0 Å². The molecule has 2 aliphatic rings. The average molecular weight is 476 g/mol. The molecule has 0 aromatic heterocycles. The van der Waals surface area contributed by atoms with E-state index in [1.807, 2.05) is 18.2 Å². The van der Waals surface area contributed by atoms with Crippen LogP contribution >= 0.6 is 27.5 Å². The number of carbonyl (C=O) groups excluding carboxylic acids is 1. The minimum atomic E-state index is 0.0286. The van der Waals surface area contributed by atoms with E-state index in [1.165, 1.54) is 11.1 Å². The number of hydrogen-bond acceptors (Lipinski definition) is 3. The van der Waals surface area contributed by atoms with Gasteiger partial charge in [-0.15, -0.1) is 0 Å². The fraction of sp³-hybridized carbons (Fsp3) is 0.458. The molecule has 0 amide bonds. The van der Waals surface area contributed by atoms with E-state index in [0.29, 0.717) is 11.7 Å². The van der Waals surface area contributed by atoms with Crippen LogP contribution in [0.5, 0.6) is 0 Å². The Morgan fingerprint density at radius 1 is 1.03 bits per heavy atom. The van der Waals surface area contributed by atoms with Gasteiger partial charge in [-0.1, -0.05) is 57.9 Å². The van der Waals surface area contributed by atoms with E-state index in [-0.39, 0.29) is 17.8 Å². The van der Waals surface area contributed by atoms with Crippen molar-refractivity contribution in [1.82, 2.24) is 10.6 Å². The van der Waals surface area contributed by atoms with E-state index in [1.54, 1.807) is 0 Å². The van der Waals surface area contributed by atoms with E-state index in [0.717, 1.165) is 54.9 Å². The molecule has 0 spiro atoms. The largest absolute Gasteiger partial charge is 0.317 e. The number of nitrogens with one attached hydrogen (secondary N) is 2. The molecule has 2 saturated heterocycles. The van der Waals surface area contributed by atoms with E-state index in [2.05, 4.69) is 56.9 Å². The van der Waals surface area contributed by atoms with Crippen LogP contribution in [0.2, 0.25) is 5.02 Å². The monoisotopic (exact) mass is 474 g/mol. The maximum absolute atomic E-state index is 13.9. The number of carbonyl (C=O) groups is 1. The summed E-state index contributed by atoms with van der Waals surface area (Å²) in [5.41, 5.74) is 2.45. The van der Waals surface area contributed by atoms with Crippen molar-refractivity contribution in [1.29, 1.82) is 0 Å². The molecule has 2 heterocycles. The molecule has 0 saturated carbocycles. The zero-order valence-corrected chi connectivity index (χ0v) is 18.9. The van der Waals surface area contributed by atoms with Crippen LogP contribution in [-0.4, -0.2) is 32.0 Å². The molecule has 4 rings (SSSR count). The Balaban J connectivity index is 1.59. The van der Waals surface area contributed by atoms with Crippen LogP contribution in [0.25, 0.3) is 0 Å². The molecular formula is C24H28BrClN2O. The highest BCUT2D eigenvalue weighted by molar-refractivity contribution is 9.10. The smallest absolute Gasteiger partial charge is 0.141 e. The highest BCUT2D eigenvalue weighted by Gasteiger charge is 2.40. The molecule has 3 nitrogen and oxygen atoms in total. The molecule has 5 heteroatoms. The predicted molar refractivity (Wildman–Crippen MR) is 122 cm³/mol. The molecule has 2 aromatic rings. The molecule has 29 heavy (non-hydrogen) atoms. The molecule has 154 valence electrons. The Kier molecular flexibility index (Phi) is 7.07. The highest BCUT2D eigenvalue weighted by Crippen LogP contribution is 2.38. The Morgan fingerprint density at radius 3 is 2.48 bits per heavy atom. The maximum Gasteiger partial charge on any atom is 0.141 e. The van der Waals surface area contributed by atoms with Crippen LogP contribution in [0.15, 0.2) is 53.0 Å². The third kappa shape index (κ3) is 4.93. The van der Waals surface area contributed by atoms with Gasteiger partial charge in [-0.3, -0.25) is 4.79 Å². The first-order valence-corrected chi connectivity index (χ1v) is 11.7. The Bertz CT molecular complexity index is 835. The van der Waals surface area contributed by atoms with E-state index in [9.17, 15) is 4.79 Å². The van der Waals surface area contributed by atoms with Crippen molar-refractivity contribution in [2.75, 3.05) is 26.2 Å². The molecule has 2 fully saturated rings. The van der Waals surface area contributed by atoms with Gasteiger partial charge in [0.1, 0.15) is 5.78 Å². The zero-order chi connectivity index (χ0) is 20.2. The summed E-state index contributed by atoms with van der Waals surface area (Å²) in [7, 11) is 0. The van der Waals surface area contributed by atoms with Crippen LogP contribution in [0, 0.1) is 17.8 Å². The van der Waals surface area contributed by atoms with Crippen LogP contribution in [0.1, 0.15) is 29.9 Å². The fourth-order valence-corrected chi connectivity index (χ4v) is 5.68. The SMILES string of the molecule is O=C(C(Cc1ccc(Cl)cc1)C1CCNCC1)[C@@H]1CNC[C@H]1c1ccccc1Br. The summed E-state index contributed by atoms with van der Waals surface area (Å²) >= 11 is 9.77. The fourth-order valence-electron chi connectivity index (χ4n) is 4.98. The lowest BCUT2D eigenvalue weighted by molar-refractivity contribution is -0.128. The lowest BCUT2D eigenvalue weighted by atomic mass is 9.72. The third-order valence-electron chi connectivity index (χ3n) is 6.57. The quantitative estimate of drug-likeness (QED) is 0.628. The van der Waals surface area contributed by atoms with Crippen LogP contribution in [0.4, 0.5) is 0 Å². The number of benzene rings is 2. The molecule has 0 radical (unpaired) electrons. The second-order valence-corrected chi connectivity index (χ2v) is 9.61. The number of piperidine rings is 1.